The van der Waals surface area contributed by atoms with Crippen LogP contribution >= 0.6 is 23.1 Å². The van der Waals surface area contributed by atoms with Crippen LogP contribution in [0.5, 0.6) is 5.75 Å². The highest BCUT2D eigenvalue weighted by molar-refractivity contribution is 7.99. The number of aromatic nitrogens is 5. The monoisotopic (exact) mass is 468 g/mol. The number of carbonyl (C=O) groups excluding carboxylic acids is 1. The number of benzene rings is 2. The number of rotatable bonds is 8. The lowest BCUT2D eigenvalue weighted by Gasteiger charge is -2.12. The Morgan fingerprint density at radius 2 is 1.84 bits per heavy atom. The van der Waals surface area contributed by atoms with Crippen LogP contribution in [0.3, 0.4) is 0 Å². The van der Waals surface area contributed by atoms with Crippen molar-refractivity contribution in [2.24, 2.45) is 0 Å². The molecule has 1 unspecified atom stereocenters. The summed E-state index contributed by atoms with van der Waals surface area (Å²) in [7, 11) is 1.61. The minimum absolute atomic E-state index is 0.0804. The van der Waals surface area contributed by atoms with Gasteiger partial charge in [-0.1, -0.05) is 53.4 Å². The number of aliphatic hydroxyl groups is 1. The molecule has 0 bridgehead atoms. The van der Waals surface area contributed by atoms with E-state index in [1.807, 2.05) is 54.6 Å². The Balaban J connectivity index is 1.40. The second kappa shape index (κ2) is 9.90. The largest absolute Gasteiger partial charge is 0.497 e. The highest BCUT2D eigenvalue weighted by Gasteiger charge is 2.19. The highest BCUT2D eigenvalue weighted by Crippen LogP contribution is 2.29. The zero-order chi connectivity index (χ0) is 22.5. The van der Waals surface area contributed by atoms with Crippen LogP contribution in [0.1, 0.15) is 13.2 Å². The van der Waals surface area contributed by atoms with Crippen LogP contribution in [-0.2, 0) is 4.79 Å². The van der Waals surface area contributed by atoms with E-state index < -0.39 is 6.23 Å². The molecule has 0 fully saturated rings. The standard InChI is InChI=1S/C21H20N6O3S2/c1-13(28)27-18(14-6-4-3-5-7-14)23-26-21(27)31-12-17(29)22-20-25-24-19(32-20)15-8-10-16(30-2)11-9-15/h3-11,13,28H,12H2,1-2H3,(H,22,25,29). The van der Waals surface area contributed by atoms with Crippen molar-refractivity contribution < 1.29 is 14.6 Å². The molecule has 0 aliphatic carbocycles. The second-order valence-electron chi connectivity index (χ2n) is 6.65. The Morgan fingerprint density at radius 3 is 2.53 bits per heavy atom. The van der Waals surface area contributed by atoms with Gasteiger partial charge < -0.3 is 9.84 Å². The fourth-order valence-electron chi connectivity index (χ4n) is 2.91. The molecule has 0 radical (unpaired) electrons. The first-order valence-corrected chi connectivity index (χ1v) is 11.4. The number of aliphatic hydroxyl groups excluding tert-OH is 1. The molecule has 0 saturated carbocycles. The third-order valence-electron chi connectivity index (χ3n) is 4.41. The zero-order valence-corrected chi connectivity index (χ0v) is 18.9. The predicted molar refractivity (Wildman–Crippen MR) is 124 cm³/mol. The Morgan fingerprint density at radius 1 is 1.09 bits per heavy atom. The maximum absolute atomic E-state index is 12.4. The molecule has 11 heteroatoms. The minimum Gasteiger partial charge on any atom is -0.497 e. The quantitative estimate of drug-likeness (QED) is 0.376. The van der Waals surface area contributed by atoms with E-state index in [2.05, 4.69) is 25.7 Å². The Hall–Kier alpha value is -3.28. The van der Waals surface area contributed by atoms with Crippen LogP contribution in [-0.4, -0.2) is 48.8 Å². The molecule has 9 nitrogen and oxygen atoms in total. The van der Waals surface area contributed by atoms with Crippen molar-refractivity contribution in [3.63, 3.8) is 0 Å². The third kappa shape index (κ3) is 4.96. The molecule has 32 heavy (non-hydrogen) atoms. The number of hydrogen-bond donors (Lipinski definition) is 2. The van der Waals surface area contributed by atoms with Gasteiger partial charge in [0.15, 0.2) is 11.0 Å². The number of nitrogens with zero attached hydrogens (tertiary/aromatic N) is 5. The lowest BCUT2D eigenvalue weighted by Crippen LogP contribution is -2.15. The van der Waals surface area contributed by atoms with Gasteiger partial charge in [0.05, 0.1) is 12.9 Å². The molecular formula is C21H20N6O3S2. The molecule has 4 aromatic rings. The number of hydrogen-bond acceptors (Lipinski definition) is 9. The van der Waals surface area contributed by atoms with Gasteiger partial charge in [-0.3, -0.25) is 14.7 Å². The minimum atomic E-state index is -0.846. The average Bonchev–Trinajstić information content (AvgIpc) is 3.45. The van der Waals surface area contributed by atoms with Crippen LogP contribution in [0.15, 0.2) is 59.8 Å². The van der Waals surface area contributed by atoms with E-state index in [9.17, 15) is 9.90 Å². The zero-order valence-electron chi connectivity index (χ0n) is 17.3. The van der Waals surface area contributed by atoms with Crippen molar-refractivity contribution in [1.82, 2.24) is 25.0 Å². The van der Waals surface area contributed by atoms with Crippen molar-refractivity contribution in [3.8, 4) is 27.7 Å². The molecule has 2 aromatic carbocycles. The summed E-state index contributed by atoms with van der Waals surface area (Å²) in [6.07, 6.45) is -0.846. The highest BCUT2D eigenvalue weighted by atomic mass is 32.2. The van der Waals surface area contributed by atoms with Gasteiger partial charge in [-0.25, -0.2) is 0 Å². The normalized spacial score (nSPS) is 11.8. The molecule has 1 atom stereocenters. The molecular weight excluding hydrogens is 448 g/mol. The molecule has 2 N–H and O–H groups in total. The summed E-state index contributed by atoms with van der Waals surface area (Å²) in [4.78, 5) is 12.4. The molecule has 164 valence electrons. The first kappa shape index (κ1) is 21.9. The van der Waals surface area contributed by atoms with Crippen molar-refractivity contribution in [2.75, 3.05) is 18.2 Å². The van der Waals surface area contributed by atoms with E-state index in [1.165, 1.54) is 23.1 Å². The summed E-state index contributed by atoms with van der Waals surface area (Å²) < 4.78 is 6.75. The van der Waals surface area contributed by atoms with Crippen LogP contribution in [0, 0.1) is 0 Å². The van der Waals surface area contributed by atoms with E-state index >= 15 is 0 Å². The SMILES string of the molecule is COc1ccc(-c2nnc(NC(=O)CSc3nnc(-c4ccccc4)n3C(C)O)s2)cc1. The van der Waals surface area contributed by atoms with Crippen LogP contribution in [0.2, 0.25) is 0 Å². The van der Waals surface area contributed by atoms with Gasteiger partial charge in [0, 0.05) is 11.1 Å². The van der Waals surface area contributed by atoms with Crippen molar-refractivity contribution >= 4 is 34.1 Å². The summed E-state index contributed by atoms with van der Waals surface area (Å²) >= 11 is 2.47. The van der Waals surface area contributed by atoms with Gasteiger partial charge in [-0.15, -0.1) is 20.4 Å². The lowest BCUT2D eigenvalue weighted by atomic mass is 10.2. The molecule has 2 aromatic heterocycles. The average molecular weight is 469 g/mol. The molecule has 0 aliphatic heterocycles. The summed E-state index contributed by atoms with van der Waals surface area (Å²) in [6, 6.07) is 16.9. The molecule has 0 aliphatic rings. The number of methoxy groups -OCH3 is 1. The molecule has 0 saturated heterocycles. The van der Waals surface area contributed by atoms with Gasteiger partial charge in [0.25, 0.3) is 0 Å². The third-order valence-corrected chi connectivity index (χ3v) is 6.24. The summed E-state index contributed by atoms with van der Waals surface area (Å²) in [6.45, 7) is 1.63. The maximum atomic E-state index is 12.4. The van der Waals surface area contributed by atoms with E-state index in [0.29, 0.717) is 21.1 Å². The number of thioether (sulfide) groups is 1. The number of amides is 1. The van der Waals surface area contributed by atoms with Gasteiger partial charge in [0.1, 0.15) is 17.0 Å². The van der Waals surface area contributed by atoms with E-state index in [0.717, 1.165) is 16.9 Å². The van der Waals surface area contributed by atoms with Gasteiger partial charge in [-0.2, -0.15) is 0 Å². The molecule has 1 amide bonds. The predicted octanol–water partition coefficient (Wildman–Crippen LogP) is 3.71. The Labute approximate surface area is 192 Å². The fourth-order valence-corrected chi connectivity index (χ4v) is 4.48. The number of ether oxygens (including phenoxy) is 1. The Bertz CT molecular complexity index is 1190. The van der Waals surface area contributed by atoms with E-state index in [4.69, 9.17) is 4.74 Å². The van der Waals surface area contributed by atoms with Gasteiger partial charge in [-0.05, 0) is 31.2 Å². The number of anilines is 1. The topological polar surface area (TPSA) is 115 Å². The summed E-state index contributed by atoms with van der Waals surface area (Å²) in [5, 5.41) is 31.0. The molecule has 4 rings (SSSR count). The molecule has 2 heterocycles. The fraction of sp³-hybridized carbons (Fsp3) is 0.190. The van der Waals surface area contributed by atoms with Gasteiger partial charge in [0.2, 0.25) is 11.0 Å². The van der Waals surface area contributed by atoms with Crippen molar-refractivity contribution in [1.29, 1.82) is 0 Å². The Kier molecular flexibility index (Phi) is 6.78. The van der Waals surface area contributed by atoms with Crippen LogP contribution in [0.25, 0.3) is 22.0 Å². The van der Waals surface area contributed by atoms with E-state index in [-0.39, 0.29) is 11.7 Å². The lowest BCUT2D eigenvalue weighted by molar-refractivity contribution is -0.113. The second-order valence-corrected chi connectivity index (χ2v) is 8.57. The van der Waals surface area contributed by atoms with Gasteiger partial charge >= 0.3 is 0 Å². The number of carbonyl (C=O) groups is 1. The number of nitrogens with one attached hydrogen (secondary N) is 1. The van der Waals surface area contributed by atoms with Crippen molar-refractivity contribution in [3.05, 3.63) is 54.6 Å². The smallest absolute Gasteiger partial charge is 0.236 e. The van der Waals surface area contributed by atoms with Crippen LogP contribution in [0.4, 0.5) is 5.13 Å². The molecule has 0 spiro atoms. The van der Waals surface area contributed by atoms with E-state index in [1.54, 1.807) is 18.6 Å². The first-order chi connectivity index (χ1) is 15.5. The summed E-state index contributed by atoms with van der Waals surface area (Å²) in [5.74, 6) is 1.12. The first-order valence-electron chi connectivity index (χ1n) is 9.64. The van der Waals surface area contributed by atoms with Crippen LogP contribution < -0.4 is 10.1 Å². The maximum Gasteiger partial charge on any atom is 0.236 e. The summed E-state index contributed by atoms with van der Waals surface area (Å²) in [5.41, 5.74) is 1.72. The van der Waals surface area contributed by atoms with Crippen molar-refractivity contribution in [2.45, 2.75) is 18.3 Å².